The SMILES string of the molecule is Cc1cc(C)nc(NS(=O)(=O)c2ccc(NC(=S)Nc3c(C)n(C)n(-c4ccccc4)c3=O)cc2)n1. The first-order valence-corrected chi connectivity index (χ1v) is 12.8. The van der Waals surface area contributed by atoms with Crippen LogP contribution >= 0.6 is 12.2 Å². The number of hydrogen-bond donors (Lipinski definition) is 3. The van der Waals surface area contributed by atoms with Gasteiger partial charge in [-0.1, -0.05) is 18.2 Å². The molecule has 10 nitrogen and oxygen atoms in total. The van der Waals surface area contributed by atoms with Gasteiger partial charge in [0.05, 0.1) is 16.3 Å². The highest BCUT2D eigenvalue weighted by molar-refractivity contribution is 7.92. The smallest absolute Gasteiger partial charge is 0.295 e. The molecule has 3 N–H and O–H groups in total. The van der Waals surface area contributed by atoms with Crippen LogP contribution < -0.4 is 20.9 Å². The third-order valence-corrected chi connectivity index (χ3v) is 6.97. The Bertz CT molecular complexity index is 1570. The van der Waals surface area contributed by atoms with Crippen molar-refractivity contribution in [3.63, 3.8) is 0 Å². The molecule has 0 saturated heterocycles. The first kappa shape index (κ1) is 25.1. The molecule has 0 fully saturated rings. The van der Waals surface area contributed by atoms with E-state index in [0.717, 1.165) is 5.69 Å². The van der Waals surface area contributed by atoms with Crippen molar-refractivity contribution in [1.82, 2.24) is 19.3 Å². The van der Waals surface area contributed by atoms with Gasteiger partial charge in [0.25, 0.3) is 15.6 Å². The van der Waals surface area contributed by atoms with Gasteiger partial charge in [0.2, 0.25) is 5.95 Å². The van der Waals surface area contributed by atoms with Gasteiger partial charge in [0.1, 0.15) is 5.69 Å². The van der Waals surface area contributed by atoms with Crippen LogP contribution in [0.4, 0.5) is 17.3 Å². The van der Waals surface area contributed by atoms with Crippen LogP contribution in [-0.4, -0.2) is 32.9 Å². The molecule has 0 spiro atoms. The molecule has 0 bridgehead atoms. The quantitative estimate of drug-likeness (QED) is 0.328. The van der Waals surface area contributed by atoms with E-state index in [4.69, 9.17) is 12.2 Å². The monoisotopic (exact) mass is 523 g/mol. The summed E-state index contributed by atoms with van der Waals surface area (Å²) in [5.41, 5.74) is 3.40. The summed E-state index contributed by atoms with van der Waals surface area (Å²) in [7, 11) is -2.08. The van der Waals surface area contributed by atoms with Crippen LogP contribution in [0.3, 0.4) is 0 Å². The lowest BCUT2D eigenvalue weighted by Crippen LogP contribution is -2.25. The van der Waals surface area contributed by atoms with Gasteiger partial charge in [-0.15, -0.1) is 0 Å². The number of hydrogen-bond acceptors (Lipinski definition) is 6. The highest BCUT2D eigenvalue weighted by atomic mass is 32.2. The maximum Gasteiger partial charge on any atom is 0.295 e. The van der Waals surface area contributed by atoms with E-state index in [1.54, 1.807) is 48.5 Å². The van der Waals surface area contributed by atoms with E-state index in [-0.39, 0.29) is 21.5 Å². The lowest BCUT2D eigenvalue weighted by atomic mass is 10.3. The molecule has 0 aliphatic carbocycles. The Balaban J connectivity index is 1.48. The number of sulfonamides is 1. The van der Waals surface area contributed by atoms with Crippen LogP contribution in [-0.2, 0) is 17.1 Å². The molecule has 0 unspecified atom stereocenters. The second-order valence-corrected chi connectivity index (χ2v) is 10.2. The van der Waals surface area contributed by atoms with E-state index < -0.39 is 10.0 Å². The van der Waals surface area contributed by atoms with Crippen LogP contribution in [0.15, 0.2) is 70.4 Å². The van der Waals surface area contributed by atoms with Gasteiger partial charge in [-0.05, 0) is 75.5 Å². The van der Waals surface area contributed by atoms with Crippen molar-refractivity contribution in [1.29, 1.82) is 0 Å². The third kappa shape index (κ3) is 5.29. The number of aryl methyl sites for hydroxylation is 2. The van der Waals surface area contributed by atoms with Crippen molar-refractivity contribution in [2.75, 3.05) is 15.4 Å². The Hall–Kier alpha value is -4.03. The Kier molecular flexibility index (Phi) is 6.91. The molecule has 0 saturated carbocycles. The molecule has 2 heterocycles. The molecular formula is C24H25N7O3S2. The number of benzene rings is 2. The van der Waals surface area contributed by atoms with E-state index in [0.29, 0.717) is 28.5 Å². The lowest BCUT2D eigenvalue weighted by molar-refractivity contribution is 0.601. The highest BCUT2D eigenvalue weighted by Gasteiger charge is 2.18. The standard InChI is InChI=1S/C24H25N7O3S2/c1-15-14-16(2)26-23(25-15)29-36(33,34)20-12-10-18(11-13-20)27-24(35)28-21-17(3)30(4)31(22(21)32)19-8-6-5-7-9-19/h5-14H,1-4H3,(H,25,26,29)(H2,27,28,35). The molecule has 0 aliphatic rings. The number of aromatic nitrogens is 4. The number of anilines is 3. The van der Waals surface area contributed by atoms with Gasteiger partial charge in [0, 0.05) is 24.1 Å². The summed E-state index contributed by atoms with van der Waals surface area (Å²) in [5, 5.41) is 6.14. The largest absolute Gasteiger partial charge is 0.332 e. The van der Waals surface area contributed by atoms with E-state index in [2.05, 4.69) is 25.3 Å². The fourth-order valence-corrected chi connectivity index (χ4v) is 4.82. The van der Waals surface area contributed by atoms with Crippen molar-refractivity contribution in [3.05, 3.63) is 88.1 Å². The van der Waals surface area contributed by atoms with Crippen LogP contribution in [0.2, 0.25) is 0 Å². The fourth-order valence-electron chi connectivity index (χ4n) is 3.66. The maximum absolute atomic E-state index is 13.1. The minimum Gasteiger partial charge on any atom is -0.332 e. The Morgan fingerprint density at radius 2 is 1.53 bits per heavy atom. The number of nitrogens with one attached hydrogen (secondary N) is 3. The van der Waals surface area contributed by atoms with Crippen molar-refractivity contribution < 1.29 is 8.42 Å². The first-order chi connectivity index (χ1) is 17.0. The fraction of sp³-hybridized carbons (Fsp3) is 0.167. The summed E-state index contributed by atoms with van der Waals surface area (Å²) in [6, 6.07) is 17.1. The summed E-state index contributed by atoms with van der Waals surface area (Å²) in [6.45, 7) is 5.34. The molecule has 0 amide bonds. The highest BCUT2D eigenvalue weighted by Crippen LogP contribution is 2.18. The normalized spacial score (nSPS) is 11.2. The molecule has 12 heteroatoms. The summed E-state index contributed by atoms with van der Waals surface area (Å²) < 4.78 is 31.2. The summed E-state index contributed by atoms with van der Waals surface area (Å²) in [6.07, 6.45) is 0. The van der Waals surface area contributed by atoms with E-state index in [1.807, 2.05) is 37.3 Å². The second-order valence-electron chi connectivity index (χ2n) is 8.12. The zero-order valence-corrected chi connectivity index (χ0v) is 21.7. The van der Waals surface area contributed by atoms with Gasteiger partial charge < -0.3 is 10.6 Å². The van der Waals surface area contributed by atoms with Crippen LogP contribution in [0, 0.1) is 20.8 Å². The van der Waals surface area contributed by atoms with E-state index in [9.17, 15) is 13.2 Å². The Morgan fingerprint density at radius 3 is 2.14 bits per heavy atom. The van der Waals surface area contributed by atoms with Crippen LogP contribution in [0.1, 0.15) is 17.1 Å². The molecule has 2 aromatic heterocycles. The molecule has 186 valence electrons. The Labute approximate surface area is 214 Å². The molecule has 0 radical (unpaired) electrons. The average Bonchev–Trinajstić information content (AvgIpc) is 3.02. The Morgan fingerprint density at radius 1 is 0.917 bits per heavy atom. The maximum atomic E-state index is 13.1. The third-order valence-electron chi connectivity index (χ3n) is 5.42. The van der Waals surface area contributed by atoms with Gasteiger partial charge in [-0.3, -0.25) is 9.48 Å². The molecule has 2 aromatic carbocycles. The minimum atomic E-state index is -3.88. The predicted octanol–water partition coefficient (Wildman–Crippen LogP) is 3.50. The molecule has 4 aromatic rings. The van der Waals surface area contributed by atoms with Crippen LogP contribution in [0.5, 0.6) is 0 Å². The first-order valence-electron chi connectivity index (χ1n) is 10.9. The second kappa shape index (κ2) is 9.91. The molecule has 36 heavy (non-hydrogen) atoms. The molecule has 0 aliphatic heterocycles. The minimum absolute atomic E-state index is 0.0134. The molecular weight excluding hydrogens is 498 g/mol. The summed E-state index contributed by atoms with van der Waals surface area (Å²) >= 11 is 5.40. The van der Waals surface area contributed by atoms with Crippen molar-refractivity contribution in [3.8, 4) is 5.69 Å². The number of thiocarbonyl (C=S) groups is 1. The number of nitrogens with zero attached hydrogens (tertiary/aromatic N) is 4. The molecule has 4 rings (SSSR count). The zero-order chi connectivity index (χ0) is 26.0. The van der Waals surface area contributed by atoms with Crippen LogP contribution in [0.25, 0.3) is 5.69 Å². The van der Waals surface area contributed by atoms with E-state index in [1.165, 1.54) is 12.1 Å². The number of para-hydroxylation sites is 1. The van der Waals surface area contributed by atoms with Gasteiger partial charge in [-0.2, -0.15) is 0 Å². The van der Waals surface area contributed by atoms with Gasteiger partial charge >= 0.3 is 0 Å². The topological polar surface area (TPSA) is 123 Å². The lowest BCUT2D eigenvalue weighted by Gasteiger charge is -2.11. The van der Waals surface area contributed by atoms with E-state index >= 15 is 0 Å². The van der Waals surface area contributed by atoms with Crippen molar-refractivity contribution in [2.45, 2.75) is 25.7 Å². The van der Waals surface area contributed by atoms with Crippen molar-refractivity contribution in [2.24, 2.45) is 7.05 Å². The average molecular weight is 524 g/mol. The zero-order valence-electron chi connectivity index (χ0n) is 20.1. The summed E-state index contributed by atoms with van der Waals surface area (Å²) in [5.74, 6) is 0.0134. The predicted molar refractivity (Wildman–Crippen MR) is 144 cm³/mol. The summed E-state index contributed by atoms with van der Waals surface area (Å²) in [4.78, 5) is 21.3. The van der Waals surface area contributed by atoms with Gasteiger partial charge in [0.15, 0.2) is 5.11 Å². The van der Waals surface area contributed by atoms with Gasteiger partial charge in [-0.25, -0.2) is 27.8 Å². The van der Waals surface area contributed by atoms with Crippen molar-refractivity contribution >= 4 is 44.7 Å². The molecule has 0 atom stereocenters. The number of rotatable bonds is 6.